The van der Waals surface area contributed by atoms with E-state index in [0.717, 1.165) is 12.8 Å². The molecule has 3 rings (SSSR count). The van der Waals surface area contributed by atoms with Gasteiger partial charge in [-0.05, 0) is 70.1 Å². The molecule has 0 bridgehead atoms. The summed E-state index contributed by atoms with van der Waals surface area (Å²) < 4.78 is 44.2. The number of rotatable bonds is 7. The lowest BCUT2D eigenvalue weighted by atomic mass is 10.00. The number of anilines is 1. The quantitative estimate of drug-likeness (QED) is 0.297. The molecule has 1 aromatic heterocycles. The molecule has 1 aliphatic rings. The summed E-state index contributed by atoms with van der Waals surface area (Å²) in [7, 11) is -3.23. The molecule has 1 unspecified atom stereocenters. The standard InChI is InChI=1S/C17H22BrFN6O4S/c1-2-30(27,28)25-7-3-4-11(10-25)9-20-16-15(23-29-24-16)17(22-26)21-12-5-6-14(19)13(18)8-12/h5-6,8,11,26H,2-4,7,9-10H2,1H3,(H,20,24)(H,21,22). The first kappa shape index (κ1) is 22.6. The van der Waals surface area contributed by atoms with Gasteiger partial charge in [0.2, 0.25) is 15.8 Å². The predicted molar refractivity (Wildman–Crippen MR) is 112 cm³/mol. The minimum atomic E-state index is -3.23. The van der Waals surface area contributed by atoms with E-state index >= 15 is 0 Å². The smallest absolute Gasteiger partial charge is 0.213 e. The maximum atomic E-state index is 13.4. The highest BCUT2D eigenvalue weighted by molar-refractivity contribution is 9.10. The Morgan fingerprint density at radius 3 is 2.97 bits per heavy atom. The first-order valence-corrected chi connectivity index (χ1v) is 11.7. The first-order chi connectivity index (χ1) is 14.3. The summed E-state index contributed by atoms with van der Waals surface area (Å²) >= 11 is 3.08. The van der Waals surface area contributed by atoms with Crippen LogP contribution in [0.4, 0.5) is 15.9 Å². The fourth-order valence-corrected chi connectivity index (χ4v) is 4.72. The first-order valence-electron chi connectivity index (χ1n) is 9.32. The van der Waals surface area contributed by atoms with Gasteiger partial charge in [0.15, 0.2) is 11.5 Å². The van der Waals surface area contributed by atoms with E-state index in [-0.39, 0.29) is 33.5 Å². The van der Waals surface area contributed by atoms with Gasteiger partial charge < -0.3 is 5.32 Å². The number of nitrogens with zero attached hydrogens (tertiary/aromatic N) is 4. The van der Waals surface area contributed by atoms with E-state index < -0.39 is 15.8 Å². The van der Waals surface area contributed by atoms with E-state index in [1.54, 1.807) is 6.92 Å². The van der Waals surface area contributed by atoms with Gasteiger partial charge in [0.1, 0.15) is 5.82 Å². The normalized spacial score (nSPS) is 18.4. The van der Waals surface area contributed by atoms with Gasteiger partial charge in [-0.15, -0.1) is 0 Å². The molecule has 164 valence electrons. The zero-order valence-electron chi connectivity index (χ0n) is 16.2. The van der Waals surface area contributed by atoms with Gasteiger partial charge in [-0.2, -0.15) is 0 Å². The van der Waals surface area contributed by atoms with Crippen LogP contribution in [0.5, 0.6) is 0 Å². The molecule has 2 heterocycles. The fraction of sp³-hybridized carbons (Fsp3) is 0.471. The molecule has 0 saturated carbocycles. The van der Waals surface area contributed by atoms with Gasteiger partial charge in [0.25, 0.3) is 0 Å². The molecule has 30 heavy (non-hydrogen) atoms. The van der Waals surface area contributed by atoms with Gasteiger partial charge in [-0.25, -0.2) is 26.7 Å². The lowest BCUT2D eigenvalue weighted by Crippen LogP contribution is -2.42. The molecule has 1 fully saturated rings. The van der Waals surface area contributed by atoms with Gasteiger partial charge in [-0.1, -0.05) is 0 Å². The molecule has 1 aliphatic heterocycles. The average Bonchev–Trinajstić information content (AvgIpc) is 3.21. The molecule has 0 aliphatic carbocycles. The van der Waals surface area contributed by atoms with Crippen molar-refractivity contribution in [3.05, 3.63) is 34.2 Å². The van der Waals surface area contributed by atoms with Crippen molar-refractivity contribution in [1.29, 1.82) is 0 Å². The Bertz CT molecular complexity index is 1020. The highest BCUT2D eigenvalue weighted by atomic mass is 79.9. The number of hydrogen-bond donors (Lipinski definition) is 3. The molecule has 0 spiro atoms. The second-order valence-corrected chi connectivity index (χ2v) is 9.89. The number of halogens is 2. The van der Waals surface area contributed by atoms with E-state index in [2.05, 4.69) is 36.6 Å². The molecular weight excluding hydrogens is 483 g/mol. The Balaban J connectivity index is 1.71. The molecule has 13 heteroatoms. The monoisotopic (exact) mass is 504 g/mol. The third-order valence-corrected chi connectivity index (χ3v) is 7.22. The van der Waals surface area contributed by atoms with Crippen molar-refractivity contribution in [1.82, 2.24) is 20.1 Å². The Kier molecular flexibility index (Phi) is 7.39. The number of sulfonamides is 1. The van der Waals surface area contributed by atoms with Crippen LogP contribution in [-0.2, 0) is 10.0 Å². The van der Waals surface area contributed by atoms with Crippen molar-refractivity contribution < 1.29 is 22.6 Å². The molecule has 1 atom stereocenters. The van der Waals surface area contributed by atoms with Crippen LogP contribution < -0.4 is 10.8 Å². The summed E-state index contributed by atoms with van der Waals surface area (Å²) in [5.41, 5.74) is 2.44. The van der Waals surface area contributed by atoms with Crippen molar-refractivity contribution >= 4 is 43.3 Å². The largest absolute Gasteiger partial charge is 0.365 e. The zero-order valence-corrected chi connectivity index (χ0v) is 18.6. The summed E-state index contributed by atoms with van der Waals surface area (Å²) in [4.78, 5) is 4.20. The van der Waals surface area contributed by atoms with Crippen LogP contribution >= 0.6 is 15.9 Å². The topological polar surface area (TPSA) is 133 Å². The van der Waals surface area contributed by atoms with Gasteiger partial charge in [0, 0.05) is 19.6 Å². The van der Waals surface area contributed by atoms with Gasteiger partial charge in [-0.3, -0.25) is 10.7 Å². The van der Waals surface area contributed by atoms with Crippen LogP contribution in [0.15, 0.2) is 32.3 Å². The van der Waals surface area contributed by atoms with Crippen molar-refractivity contribution in [3.63, 3.8) is 0 Å². The lowest BCUT2D eigenvalue weighted by Gasteiger charge is -2.31. The number of aromatic nitrogens is 2. The maximum absolute atomic E-state index is 13.4. The second-order valence-electron chi connectivity index (χ2n) is 6.78. The van der Waals surface area contributed by atoms with Crippen LogP contribution in [0, 0.1) is 11.7 Å². The lowest BCUT2D eigenvalue weighted by molar-refractivity contribution is 0.234. The summed E-state index contributed by atoms with van der Waals surface area (Å²) in [5, 5.41) is 20.1. The van der Waals surface area contributed by atoms with Crippen LogP contribution in [0.3, 0.4) is 0 Å². The number of hydrogen-bond acceptors (Lipinski definition) is 8. The summed E-state index contributed by atoms with van der Waals surface area (Å²) in [6.45, 7) is 3.03. The van der Waals surface area contributed by atoms with Crippen LogP contribution in [0.1, 0.15) is 25.5 Å². The Hall–Kier alpha value is -2.09. The van der Waals surface area contributed by atoms with E-state index in [9.17, 15) is 18.0 Å². The van der Waals surface area contributed by atoms with Crippen LogP contribution in [0.2, 0.25) is 0 Å². The minimum absolute atomic E-state index is 0.0453. The number of hydroxylamine groups is 1. The summed E-state index contributed by atoms with van der Waals surface area (Å²) in [6.07, 6.45) is 1.64. The molecule has 0 amide bonds. The number of aliphatic imine (C=N–C) groups is 1. The third-order valence-electron chi connectivity index (χ3n) is 4.76. The predicted octanol–water partition coefficient (Wildman–Crippen LogP) is 2.50. The van der Waals surface area contributed by atoms with E-state index in [1.807, 2.05) is 5.48 Å². The van der Waals surface area contributed by atoms with Crippen molar-refractivity contribution in [2.45, 2.75) is 19.8 Å². The molecule has 1 saturated heterocycles. The number of nitrogens with one attached hydrogen (secondary N) is 2. The Morgan fingerprint density at radius 2 is 2.27 bits per heavy atom. The highest BCUT2D eigenvalue weighted by Gasteiger charge is 2.28. The number of amidine groups is 1. The summed E-state index contributed by atoms with van der Waals surface area (Å²) in [5.74, 6) is -0.0841. The van der Waals surface area contributed by atoms with Crippen molar-refractivity contribution in [2.24, 2.45) is 10.9 Å². The third kappa shape index (κ3) is 5.33. The fourth-order valence-electron chi connectivity index (χ4n) is 3.14. The molecular formula is C17H22BrFN6O4S. The molecule has 1 aromatic carbocycles. The van der Waals surface area contributed by atoms with E-state index in [1.165, 1.54) is 22.5 Å². The number of piperidine rings is 1. The molecule has 3 N–H and O–H groups in total. The van der Waals surface area contributed by atoms with Crippen LogP contribution in [-0.4, -0.2) is 59.5 Å². The molecule has 2 aromatic rings. The average molecular weight is 505 g/mol. The Labute approximate surface area is 181 Å². The molecule has 10 nitrogen and oxygen atoms in total. The van der Waals surface area contributed by atoms with Gasteiger partial charge in [0.05, 0.1) is 15.9 Å². The van der Waals surface area contributed by atoms with E-state index in [0.29, 0.717) is 25.3 Å². The van der Waals surface area contributed by atoms with Gasteiger partial charge >= 0.3 is 0 Å². The number of benzene rings is 1. The van der Waals surface area contributed by atoms with E-state index in [4.69, 9.17) is 4.63 Å². The highest BCUT2D eigenvalue weighted by Crippen LogP contribution is 2.24. The second kappa shape index (κ2) is 9.81. The zero-order chi connectivity index (χ0) is 21.7. The molecule has 0 radical (unpaired) electrons. The minimum Gasteiger partial charge on any atom is -0.365 e. The van der Waals surface area contributed by atoms with Crippen molar-refractivity contribution in [2.75, 3.05) is 30.7 Å². The summed E-state index contributed by atoms with van der Waals surface area (Å²) in [6, 6.07) is 4.11. The SMILES string of the molecule is CCS(=O)(=O)N1CCCC(CNc2nonc2C(=Nc2ccc(F)c(Br)c2)NO)C1. The Morgan fingerprint density at radius 1 is 1.47 bits per heavy atom. The maximum Gasteiger partial charge on any atom is 0.213 e. The van der Waals surface area contributed by atoms with Crippen molar-refractivity contribution in [3.8, 4) is 0 Å². The van der Waals surface area contributed by atoms with Crippen LogP contribution in [0.25, 0.3) is 0 Å².